The molecule has 0 radical (unpaired) electrons. The second-order valence-corrected chi connectivity index (χ2v) is 7.50. The van der Waals surface area contributed by atoms with Crippen LogP contribution < -0.4 is 10.6 Å². The van der Waals surface area contributed by atoms with Crippen molar-refractivity contribution in [2.24, 2.45) is 12.0 Å². The van der Waals surface area contributed by atoms with Crippen molar-refractivity contribution in [1.29, 1.82) is 0 Å². The third kappa shape index (κ3) is 6.29. The van der Waals surface area contributed by atoms with Gasteiger partial charge in [0.2, 0.25) is 5.96 Å². The van der Waals surface area contributed by atoms with E-state index >= 15 is 0 Å². The van der Waals surface area contributed by atoms with Crippen molar-refractivity contribution in [3.05, 3.63) is 82.7 Å². The van der Waals surface area contributed by atoms with Crippen LogP contribution in [0.25, 0.3) is 0 Å². The summed E-state index contributed by atoms with van der Waals surface area (Å²) in [6, 6.07) is 15.8. The molecular formula is C25H29N5O3. The Hall–Kier alpha value is -3.94. The molecule has 1 heterocycles. The van der Waals surface area contributed by atoms with Gasteiger partial charge in [0, 0.05) is 30.5 Å². The minimum absolute atomic E-state index is 0.265. The topological polar surface area (TPSA) is 97.6 Å². The van der Waals surface area contributed by atoms with E-state index in [0.717, 1.165) is 17.0 Å². The number of aromatic nitrogens is 2. The van der Waals surface area contributed by atoms with Gasteiger partial charge in [0.05, 0.1) is 17.9 Å². The van der Waals surface area contributed by atoms with E-state index in [1.54, 1.807) is 55.5 Å². The molecule has 2 N–H and O–H groups in total. The number of guanidine groups is 1. The number of esters is 1. The zero-order chi connectivity index (χ0) is 23.8. The van der Waals surface area contributed by atoms with Crippen LogP contribution in [0.2, 0.25) is 0 Å². The second kappa shape index (κ2) is 11.1. The Morgan fingerprint density at radius 3 is 2.33 bits per heavy atom. The van der Waals surface area contributed by atoms with Gasteiger partial charge in [-0.2, -0.15) is 5.10 Å². The summed E-state index contributed by atoms with van der Waals surface area (Å²) >= 11 is 0. The molecule has 1 amide bonds. The van der Waals surface area contributed by atoms with Gasteiger partial charge in [-0.3, -0.25) is 19.8 Å². The summed E-state index contributed by atoms with van der Waals surface area (Å²) in [7, 11) is 1.92. The summed E-state index contributed by atoms with van der Waals surface area (Å²) in [5, 5.41) is 10.4. The molecule has 0 fully saturated rings. The van der Waals surface area contributed by atoms with Gasteiger partial charge in [0.1, 0.15) is 0 Å². The number of anilines is 1. The molecule has 0 unspecified atom stereocenters. The molecule has 3 rings (SSSR count). The van der Waals surface area contributed by atoms with E-state index in [9.17, 15) is 9.59 Å². The number of aliphatic imine (C=N–C) groups is 1. The van der Waals surface area contributed by atoms with Crippen molar-refractivity contribution in [2.45, 2.75) is 27.2 Å². The maximum absolute atomic E-state index is 12.7. The maximum atomic E-state index is 12.7. The molecule has 0 aliphatic heterocycles. The lowest BCUT2D eigenvalue weighted by molar-refractivity contribution is 0.0526. The first-order valence-electron chi connectivity index (χ1n) is 10.8. The summed E-state index contributed by atoms with van der Waals surface area (Å²) in [5.41, 5.74) is 4.89. The standard InChI is InChI=1S/C25H29N5O3/c1-5-33-24(32)20-11-13-21(14-12-20)27-25(28-23(31)19-9-7-6-8-10-19)26-16-15-22-17(2)29-30(4)18(22)3/h6-14H,5,15-16H2,1-4H3,(H2,26,27,28,31). The number of hydrogen-bond acceptors (Lipinski definition) is 5. The molecule has 8 heteroatoms. The van der Waals surface area contributed by atoms with Gasteiger partial charge in [-0.05, 0) is 69.2 Å². The van der Waals surface area contributed by atoms with Crippen molar-refractivity contribution >= 4 is 23.5 Å². The highest BCUT2D eigenvalue weighted by molar-refractivity contribution is 6.10. The number of amides is 1. The average Bonchev–Trinajstić information content (AvgIpc) is 3.06. The summed E-state index contributed by atoms with van der Waals surface area (Å²) in [4.78, 5) is 29.2. The largest absolute Gasteiger partial charge is 0.462 e. The summed E-state index contributed by atoms with van der Waals surface area (Å²) in [5.74, 6) is -0.316. The van der Waals surface area contributed by atoms with Crippen LogP contribution in [0.4, 0.5) is 5.69 Å². The highest BCUT2D eigenvalue weighted by Gasteiger charge is 2.12. The van der Waals surface area contributed by atoms with Crippen LogP contribution in [0.1, 0.15) is 44.6 Å². The number of aryl methyl sites for hydroxylation is 2. The smallest absolute Gasteiger partial charge is 0.338 e. The van der Waals surface area contributed by atoms with Crippen molar-refractivity contribution in [2.75, 3.05) is 18.5 Å². The van der Waals surface area contributed by atoms with Crippen molar-refractivity contribution in [3.8, 4) is 0 Å². The molecule has 0 atom stereocenters. The fraction of sp³-hybridized carbons (Fsp3) is 0.280. The van der Waals surface area contributed by atoms with E-state index in [2.05, 4.69) is 20.7 Å². The summed E-state index contributed by atoms with van der Waals surface area (Å²) in [6.07, 6.45) is 0.694. The molecule has 8 nitrogen and oxygen atoms in total. The third-order valence-corrected chi connectivity index (χ3v) is 5.22. The molecule has 0 saturated carbocycles. The maximum Gasteiger partial charge on any atom is 0.338 e. The first-order chi connectivity index (χ1) is 15.9. The van der Waals surface area contributed by atoms with E-state index < -0.39 is 0 Å². The molecule has 33 heavy (non-hydrogen) atoms. The number of carbonyl (C=O) groups excluding carboxylic acids is 2. The van der Waals surface area contributed by atoms with Crippen molar-refractivity contribution < 1.29 is 14.3 Å². The second-order valence-electron chi connectivity index (χ2n) is 7.50. The lowest BCUT2D eigenvalue weighted by atomic mass is 10.1. The van der Waals surface area contributed by atoms with E-state index in [4.69, 9.17) is 4.74 Å². The fourth-order valence-corrected chi connectivity index (χ4v) is 3.38. The van der Waals surface area contributed by atoms with Crippen LogP contribution in [-0.2, 0) is 18.2 Å². The summed E-state index contributed by atoms with van der Waals surface area (Å²) in [6.45, 7) is 6.55. The molecule has 0 aliphatic carbocycles. The van der Waals surface area contributed by atoms with Gasteiger partial charge < -0.3 is 10.1 Å². The number of nitrogens with one attached hydrogen (secondary N) is 2. The first-order valence-corrected chi connectivity index (χ1v) is 10.8. The van der Waals surface area contributed by atoms with E-state index in [0.29, 0.717) is 42.3 Å². The van der Waals surface area contributed by atoms with Crippen LogP contribution in [-0.4, -0.2) is 40.8 Å². The normalized spacial score (nSPS) is 11.2. The Balaban J connectivity index is 1.76. The molecule has 0 spiro atoms. The Morgan fingerprint density at radius 2 is 1.73 bits per heavy atom. The average molecular weight is 448 g/mol. The van der Waals surface area contributed by atoms with Gasteiger partial charge in [0.15, 0.2) is 0 Å². The minimum Gasteiger partial charge on any atom is -0.462 e. The van der Waals surface area contributed by atoms with Gasteiger partial charge >= 0.3 is 5.97 Å². The minimum atomic E-state index is -0.377. The fourth-order valence-electron chi connectivity index (χ4n) is 3.38. The highest BCUT2D eigenvalue weighted by atomic mass is 16.5. The van der Waals surface area contributed by atoms with Crippen molar-refractivity contribution in [1.82, 2.24) is 15.1 Å². The number of nitrogens with zero attached hydrogens (tertiary/aromatic N) is 3. The van der Waals surface area contributed by atoms with E-state index in [-0.39, 0.29) is 11.9 Å². The number of benzene rings is 2. The molecule has 1 aromatic heterocycles. The number of carbonyl (C=O) groups is 2. The Labute approximate surface area is 193 Å². The predicted octanol–water partition coefficient (Wildman–Crippen LogP) is 3.65. The first kappa shape index (κ1) is 23.7. The van der Waals surface area contributed by atoms with Gasteiger partial charge in [-0.15, -0.1) is 0 Å². The highest BCUT2D eigenvalue weighted by Crippen LogP contribution is 2.13. The Bertz CT molecular complexity index is 1130. The van der Waals surface area contributed by atoms with Gasteiger partial charge in [0.25, 0.3) is 5.91 Å². The van der Waals surface area contributed by atoms with Crippen LogP contribution in [0.3, 0.4) is 0 Å². The molecule has 3 aromatic rings. The van der Waals surface area contributed by atoms with E-state index in [1.165, 1.54) is 0 Å². The third-order valence-electron chi connectivity index (χ3n) is 5.22. The SMILES string of the molecule is CCOC(=O)c1ccc(NC(=NCCc2c(C)nn(C)c2C)NC(=O)c2ccccc2)cc1. The molecule has 0 saturated heterocycles. The molecule has 0 aliphatic rings. The Morgan fingerprint density at radius 1 is 1.03 bits per heavy atom. The summed E-state index contributed by atoms with van der Waals surface area (Å²) < 4.78 is 6.88. The zero-order valence-electron chi connectivity index (χ0n) is 19.4. The number of ether oxygens (including phenoxy) is 1. The lowest BCUT2D eigenvalue weighted by Gasteiger charge is -2.12. The van der Waals surface area contributed by atoms with E-state index in [1.807, 2.05) is 31.6 Å². The lowest BCUT2D eigenvalue weighted by Crippen LogP contribution is -2.36. The van der Waals surface area contributed by atoms with Crippen LogP contribution >= 0.6 is 0 Å². The van der Waals surface area contributed by atoms with Gasteiger partial charge in [-0.25, -0.2) is 4.79 Å². The molecule has 172 valence electrons. The quantitative estimate of drug-likeness (QED) is 0.327. The van der Waals surface area contributed by atoms with Crippen LogP contribution in [0.15, 0.2) is 59.6 Å². The van der Waals surface area contributed by atoms with Crippen LogP contribution in [0.5, 0.6) is 0 Å². The molecule has 0 bridgehead atoms. The van der Waals surface area contributed by atoms with Crippen molar-refractivity contribution in [3.63, 3.8) is 0 Å². The predicted molar refractivity (Wildman–Crippen MR) is 129 cm³/mol. The van der Waals surface area contributed by atoms with Gasteiger partial charge in [-0.1, -0.05) is 18.2 Å². The zero-order valence-corrected chi connectivity index (χ0v) is 19.4. The molecule has 2 aromatic carbocycles. The monoisotopic (exact) mass is 447 g/mol. The number of hydrogen-bond donors (Lipinski definition) is 2. The Kier molecular flexibility index (Phi) is 7.96. The van der Waals surface area contributed by atoms with Crippen LogP contribution in [0, 0.1) is 13.8 Å². The number of rotatable bonds is 7. The molecular weight excluding hydrogens is 418 g/mol.